The molecule has 1 fully saturated rings. The predicted molar refractivity (Wildman–Crippen MR) is 84.3 cm³/mol. The Labute approximate surface area is 127 Å². The van der Waals surface area contributed by atoms with Crippen LogP contribution in [0.25, 0.3) is 0 Å². The lowest BCUT2D eigenvalue weighted by Gasteiger charge is -2.36. The van der Waals surface area contributed by atoms with E-state index >= 15 is 0 Å². The van der Waals surface area contributed by atoms with Crippen molar-refractivity contribution in [3.05, 3.63) is 29.8 Å². The SMILES string of the molecule is CC1CN(CCOc2ccc(C#CCN)cc2)C(C)CO1. The van der Waals surface area contributed by atoms with Crippen molar-refractivity contribution >= 4 is 0 Å². The Morgan fingerprint density at radius 3 is 2.81 bits per heavy atom. The van der Waals surface area contributed by atoms with Crippen molar-refractivity contribution in [3.8, 4) is 17.6 Å². The molecule has 0 amide bonds. The van der Waals surface area contributed by atoms with Crippen molar-refractivity contribution in [1.82, 2.24) is 4.90 Å². The molecule has 21 heavy (non-hydrogen) atoms. The third-order valence-corrected chi connectivity index (χ3v) is 3.57. The molecule has 0 aromatic heterocycles. The Morgan fingerprint density at radius 1 is 1.33 bits per heavy atom. The third kappa shape index (κ3) is 5.05. The van der Waals surface area contributed by atoms with Crippen molar-refractivity contribution in [3.63, 3.8) is 0 Å². The van der Waals surface area contributed by atoms with Crippen molar-refractivity contribution < 1.29 is 9.47 Å². The number of benzene rings is 1. The van der Waals surface area contributed by atoms with Gasteiger partial charge in [0, 0.05) is 24.7 Å². The molecule has 0 bridgehead atoms. The predicted octanol–water partition coefficient (Wildman–Crippen LogP) is 1.48. The fourth-order valence-corrected chi connectivity index (χ4v) is 2.35. The highest BCUT2D eigenvalue weighted by Crippen LogP contribution is 2.13. The molecule has 1 aromatic carbocycles. The Hall–Kier alpha value is -1.54. The molecule has 2 rings (SSSR count). The Morgan fingerprint density at radius 2 is 2.10 bits per heavy atom. The molecule has 2 unspecified atom stereocenters. The van der Waals surface area contributed by atoms with Gasteiger partial charge in [-0.15, -0.1) is 0 Å². The highest BCUT2D eigenvalue weighted by atomic mass is 16.5. The summed E-state index contributed by atoms with van der Waals surface area (Å²) >= 11 is 0. The lowest BCUT2D eigenvalue weighted by atomic mass is 10.2. The van der Waals surface area contributed by atoms with E-state index in [0.717, 1.165) is 31.0 Å². The molecule has 2 atom stereocenters. The summed E-state index contributed by atoms with van der Waals surface area (Å²) in [6.45, 7) is 8.06. The van der Waals surface area contributed by atoms with Gasteiger partial charge < -0.3 is 15.2 Å². The summed E-state index contributed by atoms with van der Waals surface area (Å²) in [7, 11) is 0. The molecule has 0 aliphatic carbocycles. The molecule has 1 saturated heterocycles. The van der Waals surface area contributed by atoms with Gasteiger partial charge in [0.1, 0.15) is 12.4 Å². The summed E-state index contributed by atoms with van der Waals surface area (Å²) in [5, 5.41) is 0. The topological polar surface area (TPSA) is 47.7 Å². The van der Waals surface area contributed by atoms with Gasteiger partial charge in [-0.2, -0.15) is 0 Å². The van der Waals surface area contributed by atoms with E-state index in [1.165, 1.54) is 0 Å². The summed E-state index contributed by atoms with van der Waals surface area (Å²) in [5.74, 6) is 6.71. The maximum Gasteiger partial charge on any atom is 0.119 e. The van der Waals surface area contributed by atoms with Crippen LogP contribution < -0.4 is 10.5 Å². The number of morpholine rings is 1. The molecular weight excluding hydrogens is 264 g/mol. The minimum Gasteiger partial charge on any atom is -0.492 e. The minimum absolute atomic E-state index is 0.307. The summed E-state index contributed by atoms with van der Waals surface area (Å²) < 4.78 is 11.4. The number of ether oxygens (including phenoxy) is 2. The first-order valence-electron chi connectivity index (χ1n) is 7.46. The van der Waals surface area contributed by atoms with Crippen LogP contribution in [0.4, 0.5) is 0 Å². The number of hydrogen-bond acceptors (Lipinski definition) is 4. The summed E-state index contributed by atoms with van der Waals surface area (Å²) in [6, 6.07) is 8.27. The van der Waals surface area contributed by atoms with Gasteiger partial charge in [-0.1, -0.05) is 11.8 Å². The van der Waals surface area contributed by atoms with E-state index < -0.39 is 0 Å². The van der Waals surface area contributed by atoms with Gasteiger partial charge in [0.2, 0.25) is 0 Å². The normalized spacial score (nSPS) is 22.4. The zero-order valence-corrected chi connectivity index (χ0v) is 12.8. The number of nitrogens with zero attached hydrogens (tertiary/aromatic N) is 1. The first-order valence-corrected chi connectivity index (χ1v) is 7.46. The zero-order chi connectivity index (χ0) is 15.1. The highest BCUT2D eigenvalue weighted by molar-refractivity contribution is 5.38. The van der Waals surface area contributed by atoms with Crippen molar-refractivity contribution in [2.75, 3.05) is 32.8 Å². The first-order chi connectivity index (χ1) is 10.2. The number of hydrogen-bond donors (Lipinski definition) is 1. The van der Waals surface area contributed by atoms with E-state index in [2.05, 4.69) is 30.6 Å². The van der Waals surface area contributed by atoms with Gasteiger partial charge in [0.25, 0.3) is 0 Å². The van der Waals surface area contributed by atoms with Gasteiger partial charge in [-0.05, 0) is 38.1 Å². The molecule has 0 radical (unpaired) electrons. The summed E-state index contributed by atoms with van der Waals surface area (Å²) in [6.07, 6.45) is 0.307. The van der Waals surface area contributed by atoms with E-state index in [9.17, 15) is 0 Å². The van der Waals surface area contributed by atoms with Gasteiger partial charge in [-0.3, -0.25) is 4.90 Å². The van der Waals surface area contributed by atoms with E-state index in [0.29, 0.717) is 25.3 Å². The van der Waals surface area contributed by atoms with E-state index in [1.54, 1.807) is 0 Å². The van der Waals surface area contributed by atoms with Gasteiger partial charge in [-0.25, -0.2) is 0 Å². The summed E-state index contributed by atoms with van der Waals surface area (Å²) in [4.78, 5) is 2.41. The zero-order valence-electron chi connectivity index (χ0n) is 12.8. The number of rotatable bonds is 4. The smallest absolute Gasteiger partial charge is 0.119 e. The molecule has 1 aliphatic rings. The monoisotopic (exact) mass is 288 g/mol. The van der Waals surface area contributed by atoms with Crippen LogP contribution in [-0.4, -0.2) is 49.9 Å². The van der Waals surface area contributed by atoms with Crippen LogP contribution >= 0.6 is 0 Å². The molecular formula is C17H24N2O2. The van der Waals surface area contributed by atoms with E-state index in [4.69, 9.17) is 15.2 Å². The first kappa shape index (κ1) is 15.8. The molecule has 4 heteroatoms. The molecule has 4 nitrogen and oxygen atoms in total. The lowest BCUT2D eigenvalue weighted by molar-refractivity contribution is -0.0522. The molecule has 0 saturated carbocycles. The van der Waals surface area contributed by atoms with E-state index in [1.807, 2.05) is 24.3 Å². The lowest BCUT2D eigenvalue weighted by Crippen LogP contribution is -2.48. The highest BCUT2D eigenvalue weighted by Gasteiger charge is 2.22. The van der Waals surface area contributed by atoms with Crippen molar-refractivity contribution in [2.24, 2.45) is 5.73 Å². The van der Waals surface area contributed by atoms with Gasteiger partial charge in [0.15, 0.2) is 0 Å². The van der Waals surface area contributed by atoms with Crippen molar-refractivity contribution in [1.29, 1.82) is 0 Å². The molecule has 0 spiro atoms. The summed E-state index contributed by atoms with van der Waals surface area (Å²) in [5.41, 5.74) is 6.31. The van der Waals surface area contributed by atoms with Crippen LogP contribution in [0, 0.1) is 11.8 Å². The third-order valence-electron chi connectivity index (χ3n) is 3.57. The van der Waals surface area contributed by atoms with Gasteiger partial charge in [0.05, 0.1) is 19.3 Å². The maximum absolute atomic E-state index is 5.80. The second-order valence-electron chi connectivity index (χ2n) is 5.37. The average molecular weight is 288 g/mol. The fourth-order valence-electron chi connectivity index (χ4n) is 2.35. The van der Waals surface area contributed by atoms with Crippen LogP contribution in [0.5, 0.6) is 5.75 Å². The van der Waals surface area contributed by atoms with Crippen molar-refractivity contribution in [2.45, 2.75) is 26.0 Å². The average Bonchev–Trinajstić information content (AvgIpc) is 2.50. The molecule has 1 aromatic rings. The fraction of sp³-hybridized carbons (Fsp3) is 0.529. The number of nitrogens with two attached hydrogens (primary N) is 1. The second-order valence-corrected chi connectivity index (χ2v) is 5.37. The minimum atomic E-state index is 0.307. The second kappa shape index (κ2) is 8.04. The maximum atomic E-state index is 5.80. The van der Waals surface area contributed by atoms with Crippen LogP contribution in [-0.2, 0) is 4.74 Å². The Bertz CT molecular complexity index is 490. The Kier molecular flexibility index (Phi) is 6.06. The molecule has 1 heterocycles. The van der Waals surface area contributed by atoms with Crippen LogP contribution in [0.1, 0.15) is 19.4 Å². The van der Waals surface area contributed by atoms with Gasteiger partial charge >= 0.3 is 0 Å². The van der Waals surface area contributed by atoms with Crippen LogP contribution in [0.2, 0.25) is 0 Å². The molecule has 114 valence electrons. The Balaban J connectivity index is 1.77. The quantitative estimate of drug-likeness (QED) is 0.853. The largest absolute Gasteiger partial charge is 0.492 e. The molecule has 1 aliphatic heterocycles. The molecule has 2 N–H and O–H groups in total. The van der Waals surface area contributed by atoms with E-state index in [-0.39, 0.29) is 0 Å². The van der Waals surface area contributed by atoms with Crippen LogP contribution in [0.15, 0.2) is 24.3 Å². The van der Waals surface area contributed by atoms with Crippen LogP contribution in [0.3, 0.4) is 0 Å². The standard InChI is InChI=1S/C17H24N2O2/c1-14-13-21-15(2)12-19(14)10-11-20-17-7-5-16(6-8-17)4-3-9-18/h5-8,14-15H,9-13,18H2,1-2H3.